The molecule has 4 nitrogen and oxygen atoms in total. The van der Waals surface area contributed by atoms with Crippen LogP contribution in [0.2, 0.25) is 0 Å². The summed E-state index contributed by atoms with van der Waals surface area (Å²) in [6.07, 6.45) is 5.52. The van der Waals surface area contributed by atoms with Crippen LogP contribution in [-0.2, 0) is 4.79 Å². The number of carbonyl (C=O) groups is 1. The van der Waals surface area contributed by atoms with Gasteiger partial charge in [-0.25, -0.2) is 0 Å². The Balaban J connectivity index is 1.88. The van der Waals surface area contributed by atoms with E-state index < -0.39 is 0 Å². The highest BCUT2D eigenvalue weighted by Crippen LogP contribution is 2.24. The molecule has 0 atom stereocenters. The summed E-state index contributed by atoms with van der Waals surface area (Å²) < 4.78 is 5.57. The average Bonchev–Trinajstić information content (AvgIpc) is 3.01. The Morgan fingerprint density at radius 1 is 1.25 bits per heavy atom. The van der Waals surface area contributed by atoms with E-state index in [1.54, 1.807) is 0 Å². The first kappa shape index (κ1) is 14.9. The van der Waals surface area contributed by atoms with E-state index in [4.69, 9.17) is 10.5 Å². The van der Waals surface area contributed by atoms with Crippen molar-refractivity contribution in [1.82, 2.24) is 4.90 Å². The molecule has 0 radical (unpaired) electrons. The molecule has 1 aromatic carbocycles. The molecule has 4 heteroatoms. The third kappa shape index (κ3) is 4.23. The van der Waals surface area contributed by atoms with E-state index in [9.17, 15) is 4.79 Å². The van der Waals surface area contributed by atoms with Gasteiger partial charge in [0.25, 0.3) is 5.91 Å². The molecule has 1 amide bonds. The van der Waals surface area contributed by atoms with Gasteiger partial charge in [-0.05, 0) is 37.9 Å². The standard InChI is InChI=1S/C16H24N2O2/c17-11-6-12-18(14-7-4-5-8-14)16(19)13-20-15-9-2-1-3-10-15/h1-3,9-10,14H,4-8,11-13,17H2. The van der Waals surface area contributed by atoms with Crippen molar-refractivity contribution < 1.29 is 9.53 Å². The summed E-state index contributed by atoms with van der Waals surface area (Å²) in [7, 11) is 0. The molecule has 1 aliphatic rings. The normalized spacial score (nSPS) is 15.2. The highest BCUT2D eigenvalue weighted by atomic mass is 16.5. The lowest BCUT2D eigenvalue weighted by molar-refractivity contribution is -0.135. The summed E-state index contributed by atoms with van der Waals surface area (Å²) in [5, 5.41) is 0. The maximum absolute atomic E-state index is 12.4. The van der Waals surface area contributed by atoms with E-state index in [0.29, 0.717) is 12.6 Å². The molecule has 20 heavy (non-hydrogen) atoms. The van der Waals surface area contributed by atoms with Crippen LogP contribution in [0, 0.1) is 0 Å². The summed E-state index contributed by atoms with van der Waals surface area (Å²) in [4.78, 5) is 14.3. The Kier molecular flexibility index (Phi) is 5.87. The van der Waals surface area contributed by atoms with E-state index in [1.165, 1.54) is 12.8 Å². The Morgan fingerprint density at radius 3 is 2.60 bits per heavy atom. The molecule has 1 aliphatic carbocycles. The average molecular weight is 276 g/mol. The molecule has 0 unspecified atom stereocenters. The van der Waals surface area contributed by atoms with Crippen molar-refractivity contribution in [2.24, 2.45) is 5.73 Å². The minimum absolute atomic E-state index is 0.0780. The first-order chi connectivity index (χ1) is 9.81. The number of carbonyl (C=O) groups excluding carboxylic acids is 1. The fraction of sp³-hybridized carbons (Fsp3) is 0.562. The molecule has 0 aliphatic heterocycles. The van der Waals surface area contributed by atoms with Gasteiger partial charge in [0.1, 0.15) is 5.75 Å². The smallest absolute Gasteiger partial charge is 0.260 e. The van der Waals surface area contributed by atoms with Gasteiger partial charge in [0.15, 0.2) is 6.61 Å². The minimum Gasteiger partial charge on any atom is -0.484 e. The molecule has 1 fully saturated rings. The quantitative estimate of drug-likeness (QED) is 0.830. The molecule has 0 aromatic heterocycles. The first-order valence-electron chi connectivity index (χ1n) is 7.48. The van der Waals surface area contributed by atoms with E-state index in [2.05, 4.69) is 0 Å². The number of amides is 1. The van der Waals surface area contributed by atoms with Crippen LogP contribution in [0.3, 0.4) is 0 Å². The van der Waals surface area contributed by atoms with Crippen LogP contribution in [0.25, 0.3) is 0 Å². The van der Waals surface area contributed by atoms with Crippen molar-refractivity contribution in [2.75, 3.05) is 19.7 Å². The largest absolute Gasteiger partial charge is 0.484 e. The zero-order chi connectivity index (χ0) is 14.2. The van der Waals surface area contributed by atoms with E-state index in [0.717, 1.165) is 31.6 Å². The number of para-hydroxylation sites is 1. The second-order valence-electron chi connectivity index (χ2n) is 5.27. The minimum atomic E-state index is 0.0780. The third-order valence-corrected chi connectivity index (χ3v) is 3.79. The van der Waals surface area contributed by atoms with Crippen molar-refractivity contribution in [1.29, 1.82) is 0 Å². The predicted molar refractivity (Wildman–Crippen MR) is 79.6 cm³/mol. The van der Waals surface area contributed by atoms with Crippen molar-refractivity contribution in [3.63, 3.8) is 0 Å². The Labute approximate surface area is 120 Å². The lowest BCUT2D eigenvalue weighted by Gasteiger charge is -2.29. The molecule has 110 valence electrons. The van der Waals surface area contributed by atoms with Gasteiger partial charge >= 0.3 is 0 Å². The van der Waals surface area contributed by atoms with Crippen molar-refractivity contribution >= 4 is 5.91 Å². The Hall–Kier alpha value is -1.55. The molecular formula is C16H24N2O2. The molecule has 0 spiro atoms. The highest BCUT2D eigenvalue weighted by Gasteiger charge is 2.26. The van der Waals surface area contributed by atoms with Crippen LogP contribution in [0.15, 0.2) is 30.3 Å². The summed E-state index contributed by atoms with van der Waals surface area (Å²) in [5.41, 5.74) is 5.57. The molecule has 0 heterocycles. The second kappa shape index (κ2) is 7.90. The van der Waals surface area contributed by atoms with E-state index in [1.807, 2.05) is 35.2 Å². The van der Waals surface area contributed by atoms with Gasteiger partial charge in [0.2, 0.25) is 0 Å². The second-order valence-corrected chi connectivity index (χ2v) is 5.27. The number of nitrogens with zero attached hydrogens (tertiary/aromatic N) is 1. The van der Waals surface area contributed by atoms with Gasteiger partial charge in [0, 0.05) is 12.6 Å². The number of nitrogens with two attached hydrogens (primary N) is 1. The van der Waals surface area contributed by atoms with Crippen LogP contribution in [0.4, 0.5) is 0 Å². The van der Waals surface area contributed by atoms with E-state index in [-0.39, 0.29) is 12.5 Å². The highest BCUT2D eigenvalue weighted by molar-refractivity contribution is 5.78. The Morgan fingerprint density at radius 2 is 1.95 bits per heavy atom. The number of ether oxygens (including phenoxy) is 1. The number of benzene rings is 1. The van der Waals surface area contributed by atoms with Gasteiger partial charge < -0.3 is 15.4 Å². The number of hydrogen-bond acceptors (Lipinski definition) is 3. The van der Waals surface area contributed by atoms with Gasteiger partial charge in [-0.1, -0.05) is 31.0 Å². The van der Waals surface area contributed by atoms with Gasteiger partial charge in [-0.15, -0.1) is 0 Å². The third-order valence-electron chi connectivity index (χ3n) is 3.79. The lowest BCUT2D eigenvalue weighted by atomic mass is 10.2. The first-order valence-corrected chi connectivity index (χ1v) is 7.48. The molecule has 2 rings (SSSR count). The zero-order valence-electron chi connectivity index (χ0n) is 12.0. The topological polar surface area (TPSA) is 55.6 Å². The molecule has 0 saturated heterocycles. The van der Waals surface area contributed by atoms with Crippen molar-refractivity contribution in [3.8, 4) is 5.75 Å². The van der Waals surface area contributed by atoms with Crippen LogP contribution >= 0.6 is 0 Å². The molecule has 1 saturated carbocycles. The maximum atomic E-state index is 12.4. The fourth-order valence-corrected chi connectivity index (χ4v) is 2.73. The summed E-state index contributed by atoms with van der Waals surface area (Å²) >= 11 is 0. The summed E-state index contributed by atoms with van der Waals surface area (Å²) in [5.74, 6) is 0.820. The summed E-state index contributed by atoms with van der Waals surface area (Å²) in [6.45, 7) is 1.49. The molecule has 2 N–H and O–H groups in total. The van der Waals surface area contributed by atoms with E-state index >= 15 is 0 Å². The monoisotopic (exact) mass is 276 g/mol. The number of hydrogen-bond donors (Lipinski definition) is 1. The van der Waals surface area contributed by atoms with Crippen LogP contribution in [0.1, 0.15) is 32.1 Å². The van der Waals surface area contributed by atoms with Gasteiger partial charge in [-0.3, -0.25) is 4.79 Å². The zero-order valence-corrected chi connectivity index (χ0v) is 12.0. The van der Waals surface area contributed by atoms with Crippen LogP contribution in [-0.4, -0.2) is 36.5 Å². The molecular weight excluding hydrogens is 252 g/mol. The fourth-order valence-electron chi connectivity index (χ4n) is 2.73. The van der Waals surface area contributed by atoms with Crippen LogP contribution < -0.4 is 10.5 Å². The van der Waals surface area contributed by atoms with Gasteiger partial charge in [0.05, 0.1) is 0 Å². The Bertz CT molecular complexity index is 402. The SMILES string of the molecule is NCCCN(C(=O)COc1ccccc1)C1CCCC1. The van der Waals surface area contributed by atoms with Crippen molar-refractivity contribution in [2.45, 2.75) is 38.1 Å². The maximum Gasteiger partial charge on any atom is 0.260 e. The molecule has 1 aromatic rings. The number of rotatable bonds is 7. The predicted octanol–water partition coefficient (Wildman–Crippen LogP) is 2.19. The molecule has 0 bridgehead atoms. The van der Waals surface area contributed by atoms with Crippen molar-refractivity contribution in [3.05, 3.63) is 30.3 Å². The lowest BCUT2D eigenvalue weighted by Crippen LogP contribution is -2.42. The van der Waals surface area contributed by atoms with Crippen LogP contribution in [0.5, 0.6) is 5.75 Å². The van der Waals surface area contributed by atoms with Gasteiger partial charge in [-0.2, -0.15) is 0 Å². The summed E-state index contributed by atoms with van der Waals surface area (Å²) in [6, 6.07) is 9.86.